The van der Waals surface area contributed by atoms with Crippen LogP contribution in [0.5, 0.6) is 0 Å². The van der Waals surface area contributed by atoms with Crippen molar-refractivity contribution >= 4 is 46.4 Å². The molecular formula is C19H20ClFN4O3. The third kappa shape index (κ3) is 6.24. The summed E-state index contributed by atoms with van der Waals surface area (Å²) in [5.41, 5.74) is 0.926. The van der Waals surface area contributed by atoms with Crippen LogP contribution in [0.2, 0.25) is 5.02 Å². The molecule has 0 aliphatic rings. The molecule has 7 nitrogen and oxygen atoms in total. The van der Waals surface area contributed by atoms with Crippen molar-refractivity contribution < 1.29 is 18.8 Å². The van der Waals surface area contributed by atoms with Crippen molar-refractivity contribution in [1.29, 1.82) is 0 Å². The van der Waals surface area contributed by atoms with E-state index in [0.29, 0.717) is 16.4 Å². The summed E-state index contributed by atoms with van der Waals surface area (Å²) in [6.45, 7) is 0.999. The predicted octanol–water partition coefficient (Wildman–Crippen LogP) is 2.95. The summed E-state index contributed by atoms with van der Waals surface area (Å²) in [5.74, 6) is -1.73. The number of hydrogen-bond acceptors (Lipinski definition) is 4. The van der Waals surface area contributed by atoms with Gasteiger partial charge in [0, 0.05) is 19.7 Å². The van der Waals surface area contributed by atoms with E-state index in [9.17, 15) is 18.8 Å². The maximum atomic E-state index is 13.6. The molecule has 28 heavy (non-hydrogen) atoms. The number of carbonyl (C=O) groups is 3. The first-order valence-corrected chi connectivity index (χ1v) is 8.73. The minimum Gasteiger partial charge on any atom is -0.376 e. The molecule has 0 bridgehead atoms. The van der Waals surface area contributed by atoms with Crippen LogP contribution in [0.3, 0.4) is 0 Å². The minimum absolute atomic E-state index is 0.0115. The van der Waals surface area contributed by atoms with Gasteiger partial charge in [0.05, 0.1) is 29.5 Å². The van der Waals surface area contributed by atoms with Crippen molar-refractivity contribution in [3.05, 3.63) is 53.3 Å². The van der Waals surface area contributed by atoms with Crippen molar-refractivity contribution in [2.45, 2.75) is 6.92 Å². The lowest BCUT2D eigenvalue weighted by Gasteiger charge is -2.18. The van der Waals surface area contributed by atoms with Crippen LogP contribution in [0.1, 0.15) is 6.92 Å². The number of hydrogen-bond donors (Lipinski definition) is 3. The summed E-state index contributed by atoms with van der Waals surface area (Å²) in [6, 6.07) is 10.8. The number of nitrogens with one attached hydrogen (secondary N) is 3. The van der Waals surface area contributed by atoms with Crippen molar-refractivity contribution in [3.8, 4) is 0 Å². The highest BCUT2D eigenvalue weighted by Gasteiger charge is 2.14. The first-order valence-electron chi connectivity index (χ1n) is 8.35. The summed E-state index contributed by atoms with van der Waals surface area (Å²) >= 11 is 5.98. The number of benzene rings is 2. The molecule has 0 aliphatic carbocycles. The summed E-state index contributed by atoms with van der Waals surface area (Å²) < 4.78 is 13.6. The molecule has 148 valence electrons. The van der Waals surface area contributed by atoms with Crippen LogP contribution in [-0.4, -0.2) is 42.8 Å². The topological polar surface area (TPSA) is 90.5 Å². The van der Waals surface area contributed by atoms with Crippen LogP contribution in [0.15, 0.2) is 42.5 Å². The van der Waals surface area contributed by atoms with Crippen LogP contribution in [0.25, 0.3) is 0 Å². The van der Waals surface area contributed by atoms with Gasteiger partial charge in [-0.1, -0.05) is 23.7 Å². The van der Waals surface area contributed by atoms with Crippen LogP contribution in [-0.2, 0) is 14.4 Å². The second-order valence-electron chi connectivity index (χ2n) is 6.01. The Morgan fingerprint density at radius 2 is 1.79 bits per heavy atom. The largest absolute Gasteiger partial charge is 0.376 e. The number of carbonyl (C=O) groups excluding carboxylic acids is 3. The zero-order valence-electron chi connectivity index (χ0n) is 15.4. The Bertz CT molecular complexity index is 891. The first kappa shape index (κ1) is 21.2. The molecular weight excluding hydrogens is 387 g/mol. The zero-order valence-corrected chi connectivity index (χ0v) is 16.1. The van der Waals surface area contributed by atoms with Crippen LogP contribution >= 0.6 is 11.6 Å². The molecule has 2 aromatic carbocycles. The van der Waals surface area contributed by atoms with E-state index in [1.807, 2.05) is 0 Å². The van der Waals surface area contributed by atoms with E-state index in [1.165, 1.54) is 37.1 Å². The third-order valence-corrected chi connectivity index (χ3v) is 4.00. The number of amides is 3. The van der Waals surface area contributed by atoms with Gasteiger partial charge in [-0.25, -0.2) is 4.39 Å². The number of nitrogens with zero attached hydrogens (tertiary/aromatic N) is 1. The SMILES string of the molecule is CC(=O)Nc1cc(NCC(=O)N(C)CC(=O)Nc2ccccc2Cl)ccc1F. The molecule has 0 saturated heterocycles. The van der Waals surface area contributed by atoms with Gasteiger partial charge in [0.1, 0.15) is 5.82 Å². The Balaban J connectivity index is 1.88. The van der Waals surface area contributed by atoms with E-state index >= 15 is 0 Å². The molecule has 0 aliphatic heterocycles. The van der Waals surface area contributed by atoms with Crippen molar-refractivity contribution in [2.24, 2.45) is 0 Å². The highest BCUT2D eigenvalue weighted by Crippen LogP contribution is 2.21. The third-order valence-electron chi connectivity index (χ3n) is 3.68. The predicted molar refractivity (Wildman–Crippen MR) is 107 cm³/mol. The average Bonchev–Trinajstić information content (AvgIpc) is 2.63. The molecule has 0 unspecified atom stereocenters. The molecule has 3 N–H and O–H groups in total. The van der Waals surface area contributed by atoms with E-state index in [0.717, 1.165) is 0 Å². The van der Waals surface area contributed by atoms with Crippen molar-refractivity contribution in [2.75, 3.05) is 36.1 Å². The smallest absolute Gasteiger partial charge is 0.244 e. The lowest BCUT2D eigenvalue weighted by molar-refractivity contribution is -0.131. The normalized spacial score (nSPS) is 10.1. The lowest BCUT2D eigenvalue weighted by Crippen LogP contribution is -2.38. The molecule has 0 heterocycles. The Morgan fingerprint density at radius 3 is 2.46 bits per heavy atom. The lowest BCUT2D eigenvalue weighted by atomic mass is 10.2. The van der Waals surface area contributed by atoms with Gasteiger partial charge in [-0.2, -0.15) is 0 Å². The molecule has 0 radical (unpaired) electrons. The molecule has 2 rings (SSSR count). The summed E-state index contributed by atoms with van der Waals surface area (Å²) in [5, 5.41) is 8.24. The van der Waals surface area contributed by atoms with Crippen LogP contribution in [0, 0.1) is 5.82 Å². The second kappa shape index (κ2) is 9.70. The summed E-state index contributed by atoms with van der Waals surface area (Å²) in [6.07, 6.45) is 0. The van der Waals surface area contributed by atoms with Crippen molar-refractivity contribution in [1.82, 2.24) is 4.90 Å². The maximum Gasteiger partial charge on any atom is 0.244 e. The zero-order chi connectivity index (χ0) is 20.7. The molecule has 3 amide bonds. The fourth-order valence-corrected chi connectivity index (χ4v) is 2.47. The fraction of sp³-hybridized carbons (Fsp3) is 0.211. The average molecular weight is 407 g/mol. The van der Waals surface area contributed by atoms with Gasteiger partial charge in [-0.05, 0) is 30.3 Å². The van der Waals surface area contributed by atoms with Gasteiger partial charge in [-0.15, -0.1) is 0 Å². The first-order chi connectivity index (χ1) is 13.3. The molecule has 0 spiro atoms. The Hall–Kier alpha value is -3.13. The number of para-hydroxylation sites is 1. The van der Waals surface area contributed by atoms with Crippen molar-refractivity contribution in [3.63, 3.8) is 0 Å². The highest BCUT2D eigenvalue weighted by atomic mass is 35.5. The molecule has 2 aromatic rings. The summed E-state index contributed by atoms with van der Waals surface area (Å²) in [4.78, 5) is 36.6. The van der Waals surface area contributed by atoms with Gasteiger partial charge in [-0.3, -0.25) is 14.4 Å². The summed E-state index contributed by atoms with van der Waals surface area (Å²) in [7, 11) is 1.49. The van der Waals surface area contributed by atoms with Gasteiger partial charge in [0.2, 0.25) is 17.7 Å². The minimum atomic E-state index is -0.583. The standard InChI is InChI=1S/C19H20ClFN4O3/c1-12(26)23-17-9-13(7-8-15(17)21)22-10-19(28)25(2)11-18(27)24-16-6-4-3-5-14(16)20/h3-9,22H,10-11H2,1-2H3,(H,23,26)(H,24,27). The maximum absolute atomic E-state index is 13.6. The number of anilines is 3. The Labute approximate surface area is 166 Å². The molecule has 9 heteroatoms. The fourth-order valence-electron chi connectivity index (χ4n) is 2.29. The van der Waals surface area contributed by atoms with Gasteiger partial charge in [0.25, 0.3) is 0 Å². The van der Waals surface area contributed by atoms with Gasteiger partial charge >= 0.3 is 0 Å². The number of likely N-dealkylation sites (N-methyl/N-ethyl adjacent to an activating group) is 1. The van der Waals surface area contributed by atoms with E-state index < -0.39 is 17.6 Å². The van der Waals surface area contributed by atoms with Gasteiger partial charge < -0.3 is 20.9 Å². The van der Waals surface area contributed by atoms with E-state index in [4.69, 9.17) is 11.6 Å². The number of rotatable bonds is 7. The monoisotopic (exact) mass is 406 g/mol. The second-order valence-corrected chi connectivity index (χ2v) is 6.41. The highest BCUT2D eigenvalue weighted by molar-refractivity contribution is 6.33. The van der Waals surface area contributed by atoms with Crippen LogP contribution in [0.4, 0.5) is 21.5 Å². The molecule has 0 fully saturated rings. The molecule has 0 saturated carbocycles. The van der Waals surface area contributed by atoms with Gasteiger partial charge in [0.15, 0.2) is 0 Å². The molecule has 0 aromatic heterocycles. The van der Waals surface area contributed by atoms with E-state index in [2.05, 4.69) is 16.0 Å². The van der Waals surface area contributed by atoms with Crippen LogP contribution < -0.4 is 16.0 Å². The Morgan fingerprint density at radius 1 is 1.07 bits per heavy atom. The van der Waals surface area contributed by atoms with E-state index in [-0.39, 0.29) is 24.7 Å². The quantitative estimate of drug-likeness (QED) is 0.659. The van der Waals surface area contributed by atoms with E-state index in [1.54, 1.807) is 24.3 Å². The number of halogens is 2. The molecule has 0 atom stereocenters. The Kier molecular flexibility index (Phi) is 7.34.